The van der Waals surface area contributed by atoms with Crippen LogP contribution < -0.4 is 0 Å². The van der Waals surface area contributed by atoms with Crippen LogP contribution in [0.4, 0.5) is 0 Å². The van der Waals surface area contributed by atoms with Crippen LogP contribution in [0.5, 0.6) is 11.5 Å². The van der Waals surface area contributed by atoms with Crippen LogP contribution in [0.25, 0.3) is 0 Å². The van der Waals surface area contributed by atoms with Crippen LogP contribution >= 0.6 is 0 Å². The Morgan fingerprint density at radius 3 is 2.33 bits per heavy atom. The van der Waals surface area contributed by atoms with E-state index in [0.717, 1.165) is 50.5 Å². The molecule has 0 aliphatic heterocycles. The molecular weight excluding hydrogens is 340 g/mol. The first kappa shape index (κ1) is 23.1. The van der Waals surface area contributed by atoms with Gasteiger partial charge in [-0.3, -0.25) is 4.79 Å². The number of carbonyl (C=O) groups excluding carboxylic acids is 1. The van der Waals surface area contributed by atoms with Gasteiger partial charge in [0, 0.05) is 13.0 Å². The lowest BCUT2D eigenvalue weighted by Crippen LogP contribution is -2.13. The van der Waals surface area contributed by atoms with Gasteiger partial charge in [0.15, 0.2) is 0 Å². The first-order valence-corrected chi connectivity index (χ1v) is 10.4. The summed E-state index contributed by atoms with van der Waals surface area (Å²) in [5, 5.41) is 18.9. The molecule has 1 aromatic rings. The minimum atomic E-state index is -0.207. The van der Waals surface area contributed by atoms with Gasteiger partial charge in [-0.2, -0.15) is 0 Å². The number of ether oxygens (including phenoxy) is 1. The molecule has 0 unspecified atom stereocenters. The Labute approximate surface area is 164 Å². The predicted molar refractivity (Wildman–Crippen MR) is 110 cm³/mol. The molecule has 152 valence electrons. The summed E-state index contributed by atoms with van der Waals surface area (Å²) in [6, 6.07) is 4.78. The Morgan fingerprint density at radius 2 is 1.67 bits per heavy atom. The lowest BCUT2D eigenvalue weighted by molar-refractivity contribution is -0.144. The molecule has 4 nitrogen and oxygen atoms in total. The van der Waals surface area contributed by atoms with Gasteiger partial charge in [-0.15, -0.1) is 0 Å². The molecule has 0 saturated carbocycles. The van der Waals surface area contributed by atoms with Crippen LogP contribution in [0.15, 0.2) is 30.4 Å². The summed E-state index contributed by atoms with van der Waals surface area (Å²) in [5.41, 5.74) is 0.981. The number of rotatable bonds is 14. The maximum Gasteiger partial charge on any atom is 0.303 e. The quantitative estimate of drug-likeness (QED) is 0.236. The third kappa shape index (κ3) is 12.1. The van der Waals surface area contributed by atoms with Crippen molar-refractivity contribution in [3.8, 4) is 11.5 Å². The number of aryl methyl sites for hydroxylation is 1. The molecule has 0 aliphatic carbocycles. The van der Waals surface area contributed by atoms with E-state index in [0.29, 0.717) is 0 Å². The maximum absolute atomic E-state index is 11.2. The molecule has 0 spiro atoms. The monoisotopic (exact) mass is 376 g/mol. The number of hydrogen-bond donors (Lipinski definition) is 2. The summed E-state index contributed by atoms with van der Waals surface area (Å²) in [7, 11) is 0. The Hall–Kier alpha value is -1.97. The summed E-state index contributed by atoms with van der Waals surface area (Å²) in [5.74, 6) is 0.0401. The smallest absolute Gasteiger partial charge is 0.303 e. The number of esters is 1. The molecule has 0 heterocycles. The van der Waals surface area contributed by atoms with Gasteiger partial charge in [0.1, 0.15) is 17.6 Å². The van der Waals surface area contributed by atoms with E-state index in [1.807, 2.05) is 6.08 Å². The molecule has 0 amide bonds. The van der Waals surface area contributed by atoms with E-state index in [1.54, 1.807) is 12.1 Å². The zero-order valence-corrected chi connectivity index (χ0v) is 17.0. The molecule has 0 aliphatic rings. The van der Waals surface area contributed by atoms with Gasteiger partial charge in [0.05, 0.1) is 0 Å². The van der Waals surface area contributed by atoms with E-state index in [9.17, 15) is 15.0 Å². The summed E-state index contributed by atoms with van der Waals surface area (Å²) in [6.45, 7) is 3.64. The van der Waals surface area contributed by atoms with Crippen molar-refractivity contribution < 1.29 is 19.7 Å². The molecular formula is C23H36O4. The standard InChI is InChI=1S/C23H36O4/c1-3-4-10-14-23(27-19(2)24)15-12-9-7-5-6-8-11-13-20-16-21(25)18-22(26)17-20/h12,15-18,23,25-26H,3-11,13-14H2,1-2H3/b15-12-/t23-/m1/s1. The Balaban J connectivity index is 2.12. The SMILES string of the molecule is CCCCC[C@H](/C=C\CCCCCCCc1cc(O)cc(O)c1)OC(C)=O. The molecule has 1 rings (SSSR count). The fourth-order valence-electron chi connectivity index (χ4n) is 3.17. The van der Waals surface area contributed by atoms with E-state index in [4.69, 9.17) is 4.74 Å². The van der Waals surface area contributed by atoms with Crippen LogP contribution in [0.3, 0.4) is 0 Å². The van der Waals surface area contributed by atoms with Gasteiger partial charge >= 0.3 is 5.97 Å². The third-order valence-corrected chi connectivity index (χ3v) is 4.56. The number of allylic oxidation sites excluding steroid dienone is 1. The fourth-order valence-corrected chi connectivity index (χ4v) is 3.17. The highest BCUT2D eigenvalue weighted by molar-refractivity contribution is 5.66. The number of phenolic OH excluding ortho intramolecular Hbond substituents is 2. The van der Waals surface area contributed by atoms with Crippen molar-refractivity contribution in [2.24, 2.45) is 0 Å². The maximum atomic E-state index is 11.2. The van der Waals surface area contributed by atoms with Crippen molar-refractivity contribution in [2.75, 3.05) is 0 Å². The minimum absolute atomic E-state index is 0.0762. The Kier molecular flexibility index (Phi) is 12.1. The van der Waals surface area contributed by atoms with Gasteiger partial charge in [-0.25, -0.2) is 0 Å². The number of phenols is 2. The second-order valence-corrected chi connectivity index (χ2v) is 7.24. The van der Waals surface area contributed by atoms with Gasteiger partial charge in [-0.05, 0) is 62.3 Å². The summed E-state index contributed by atoms with van der Waals surface area (Å²) >= 11 is 0. The van der Waals surface area contributed by atoms with Crippen molar-refractivity contribution in [1.82, 2.24) is 0 Å². The zero-order valence-electron chi connectivity index (χ0n) is 17.0. The van der Waals surface area contributed by atoms with Gasteiger partial charge in [0.25, 0.3) is 0 Å². The summed E-state index contributed by atoms with van der Waals surface area (Å²) in [4.78, 5) is 11.2. The van der Waals surface area contributed by atoms with Crippen LogP contribution in [0.1, 0.15) is 83.6 Å². The van der Waals surface area contributed by atoms with Crippen LogP contribution in [-0.4, -0.2) is 22.3 Å². The largest absolute Gasteiger partial charge is 0.508 e. The molecule has 1 atom stereocenters. The highest BCUT2D eigenvalue weighted by Gasteiger charge is 2.07. The van der Waals surface area contributed by atoms with Gasteiger partial charge in [-0.1, -0.05) is 45.1 Å². The second kappa shape index (κ2) is 14.1. The number of unbranched alkanes of at least 4 members (excludes halogenated alkanes) is 7. The van der Waals surface area contributed by atoms with Gasteiger partial charge < -0.3 is 14.9 Å². The van der Waals surface area contributed by atoms with Crippen LogP contribution in [0.2, 0.25) is 0 Å². The highest BCUT2D eigenvalue weighted by atomic mass is 16.5. The summed E-state index contributed by atoms with van der Waals surface area (Å²) < 4.78 is 5.35. The number of aromatic hydroxyl groups is 2. The molecule has 0 saturated heterocycles. The Bertz CT molecular complexity index is 545. The van der Waals surface area contributed by atoms with E-state index in [1.165, 1.54) is 38.7 Å². The molecule has 0 aromatic heterocycles. The lowest BCUT2D eigenvalue weighted by Gasteiger charge is -2.12. The van der Waals surface area contributed by atoms with E-state index < -0.39 is 0 Å². The average molecular weight is 377 g/mol. The van der Waals surface area contributed by atoms with Crippen molar-refractivity contribution in [1.29, 1.82) is 0 Å². The molecule has 0 fully saturated rings. The van der Waals surface area contributed by atoms with Crippen LogP contribution in [0, 0.1) is 0 Å². The van der Waals surface area contributed by atoms with Crippen molar-refractivity contribution >= 4 is 5.97 Å². The van der Waals surface area contributed by atoms with Crippen molar-refractivity contribution in [2.45, 2.75) is 90.6 Å². The van der Waals surface area contributed by atoms with Crippen LogP contribution in [-0.2, 0) is 16.0 Å². The fraction of sp³-hybridized carbons (Fsp3) is 0.609. The van der Waals surface area contributed by atoms with E-state index in [2.05, 4.69) is 13.0 Å². The van der Waals surface area contributed by atoms with Crippen molar-refractivity contribution in [3.63, 3.8) is 0 Å². The Morgan fingerprint density at radius 1 is 1.00 bits per heavy atom. The zero-order chi connectivity index (χ0) is 19.9. The number of hydrogen-bond acceptors (Lipinski definition) is 4. The number of carbonyl (C=O) groups is 1. The lowest BCUT2D eigenvalue weighted by atomic mass is 10.0. The second-order valence-electron chi connectivity index (χ2n) is 7.24. The third-order valence-electron chi connectivity index (χ3n) is 4.56. The first-order valence-electron chi connectivity index (χ1n) is 10.4. The predicted octanol–water partition coefficient (Wildman–Crippen LogP) is 6.05. The highest BCUT2D eigenvalue weighted by Crippen LogP contribution is 2.22. The first-order chi connectivity index (χ1) is 13.0. The van der Waals surface area contributed by atoms with Crippen molar-refractivity contribution in [3.05, 3.63) is 35.9 Å². The minimum Gasteiger partial charge on any atom is -0.508 e. The molecule has 0 radical (unpaired) electrons. The number of benzene rings is 1. The molecule has 2 N–H and O–H groups in total. The normalized spacial score (nSPS) is 12.4. The average Bonchev–Trinajstić information content (AvgIpc) is 2.59. The molecule has 4 heteroatoms. The van der Waals surface area contributed by atoms with E-state index >= 15 is 0 Å². The topological polar surface area (TPSA) is 66.8 Å². The molecule has 27 heavy (non-hydrogen) atoms. The molecule has 0 bridgehead atoms. The van der Waals surface area contributed by atoms with Gasteiger partial charge in [0.2, 0.25) is 0 Å². The molecule has 1 aromatic carbocycles. The van der Waals surface area contributed by atoms with E-state index in [-0.39, 0.29) is 23.6 Å². The summed E-state index contributed by atoms with van der Waals surface area (Å²) in [6.07, 6.45) is 16.1.